The Balaban J connectivity index is 1.25. The Morgan fingerprint density at radius 2 is 1.83 bits per heavy atom. The molecular formula is C36H28FN7O3. The number of carbonyl (C=O) groups is 3. The molecule has 3 aromatic carbocycles. The molecule has 10 nitrogen and oxygen atoms in total. The molecule has 47 heavy (non-hydrogen) atoms. The lowest BCUT2D eigenvalue weighted by atomic mass is 10.0. The van der Waals surface area contributed by atoms with Crippen molar-refractivity contribution in [2.24, 2.45) is 0 Å². The molecule has 0 fully saturated rings. The summed E-state index contributed by atoms with van der Waals surface area (Å²) in [7, 11) is 0. The lowest BCUT2D eigenvalue weighted by Gasteiger charge is -2.16. The van der Waals surface area contributed by atoms with Crippen LogP contribution in [-0.4, -0.2) is 37.6 Å². The molecule has 11 heteroatoms. The van der Waals surface area contributed by atoms with Gasteiger partial charge in [-0.1, -0.05) is 36.4 Å². The summed E-state index contributed by atoms with van der Waals surface area (Å²) in [5.41, 5.74) is 12.5. The molecule has 1 aliphatic carbocycles. The first kappa shape index (κ1) is 29.5. The van der Waals surface area contributed by atoms with E-state index < -0.39 is 17.6 Å². The van der Waals surface area contributed by atoms with Crippen molar-refractivity contribution in [1.29, 1.82) is 0 Å². The molecule has 6 aromatic rings. The predicted molar refractivity (Wildman–Crippen MR) is 177 cm³/mol. The van der Waals surface area contributed by atoms with Gasteiger partial charge in [-0.25, -0.2) is 19.3 Å². The van der Waals surface area contributed by atoms with E-state index in [4.69, 9.17) is 15.7 Å². The number of hydrogen-bond donors (Lipinski definition) is 3. The van der Waals surface area contributed by atoms with E-state index in [1.807, 2.05) is 71.3 Å². The van der Waals surface area contributed by atoms with Crippen LogP contribution in [0.2, 0.25) is 0 Å². The Morgan fingerprint density at radius 3 is 2.60 bits per heavy atom. The highest BCUT2D eigenvalue weighted by Crippen LogP contribution is 2.36. The average Bonchev–Trinajstić information content (AvgIpc) is 3.66. The SMILES string of the molecule is CC(=O)Nc1c(F)cc(C(=O)N[C@H]2CCc3cc(-n4c(-c5cccnc5N)nc5ccc(-c6ccccc6)nc54)ccc32)cc1C=O. The zero-order chi connectivity index (χ0) is 32.7. The molecule has 0 unspecified atom stereocenters. The summed E-state index contributed by atoms with van der Waals surface area (Å²) in [5, 5.41) is 5.28. The number of fused-ring (bicyclic) bond motifs is 2. The molecular weight excluding hydrogens is 597 g/mol. The summed E-state index contributed by atoms with van der Waals surface area (Å²) in [4.78, 5) is 50.5. The number of nitrogens with zero attached hydrogens (tertiary/aromatic N) is 4. The highest BCUT2D eigenvalue weighted by molar-refractivity contribution is 6.00. The molecule has 0 spiro atoms. The Morgan fingerprint density at radius 1 is 1.00 bits per heavy atom. The van der Waals surface area contributed by atoms with Gasteiger partial charge in [0.15, 0.2) is 17.8 Å². The molecule has 2 amide bonds. The van der Waals surface area contributed by atoms with E-state index in [1.165, 1.54) is 13.0 Å². The fraction of sp³-hybridized carbons (Fsp3) is 0.111. The number of imidazole rings is 1. The zero-order valence-corrected chi connectivity index (χ0v) is 25.2. The van der Waals surface area contributed by atoms with E-state index in [9.17, 15) is 18.8 Å². The van der Waals surface area contributed by atoms with Crippen LogP contribution in [0.1, 0.15) is 51.2 Å². The monoisotopic (exact) mass is 625 g/mol. The second-order valence-electron chi connectivity index (χ2n) is 11.3. The Hall–Kier alpha value is -6.23. The number of anilines is 2. The van der Waals surface area contributed by atoms with Gasteiger partial charge >= 0.3 is 0 Å². The van der Waals surface area contributed by atoms with Crippen LogP contribution in [0.5, 0.6) is 0 Å². The van der Waals surface area contributed by atoms with E-state index in [-0.39, 0.29) is 22.9 Å². The number of carbonyl (C=O) groups excluding carboxylic acids is 3. The highest BCUT2D eigenvalue weighted by Gasteiger charge is 2.27. The fourth-order valence-corrected chi connectivity index (χ4v) is 6.05. The first-order chi connectivity index (χ1) is 22.8. The minimum Gasteiger partial charge on any atom is -0.383 e. The van der Waals surface area contributed by atoms with Crippen LogP contribution in [0.4, 0.5) is 15.9 Å². The number of halogens is 1. The third-order valence-corrected chi connectivity index (χ3v) is 8.23. The second kappa shape index (κ2) is 11.9. The molecule has 4 N–H and O–H groups in total. The Kier molecular flexibility index (Phi) is 7.49. The van der Waals surface area contributed by atoms with Crippen LogP contribution >= 0.6 is 0 Å². The number of rotatable bonds is 7. The number of aldehydes is 1. The van der Waals surface area contributed by atoms with Crippen molar-refractivity contribution >= 4 is 40.8 Å². The summed E-state index contributed by atoms with van der Waals surface area (Å²) >= 11 is 0. The minimum absolute atomic E-state index is 0.0207. The molecule has 0 saturated carbocycles. The van der Waals surface area contributed by atoms with Gasteiger partial charge in [0.05, 0.1) is 23.0 Å². The molecule has 1 atom stereocenters. The molecule has 3 heterocycles. The van der Waals surface area contributed by atoms with Crippen molar-refractivity contribution in [3.63, 3.8) is 0 Å². The summed E-state index contributed by atoms with van der Waals surface area (Å²) in [6, 6.07) is 25.4. The number of hydrogen-bond acceptors (Lipinski definition) is 7. The van der Waals surface area contributed by atoms with Crippen molar-refractivity contribution in [2.75, 3.05) is 11.1 Å². The van der Waals surface area contributed by atoms with Crippen LogP contribution in [0, 0.1) is 5.82 Å². The predicted octanol–water partition coefficient (Wildman–Crippen LogP) is 6.06. The van der Waals surface area contributed by atoms with Crippen molar-refractivity contribution in [2.45, 2.75) is 25.8 Å². The van der Waals surface area contributed by atoms with Crippen molar-refractivity contribution in [1.82, 2.24) is 24.8 Å². The first-order valence-corrected chi connectivity index (χ1v) is 15.0. The molecule has 1 aliphatic rings. The Bertz CT molecular complexity index is 2210. The molecule has 232 valence electrons. The highest BCUT2D eigenvalue weighted by atomic mass is 19.1. The number of nitrogens with two attached hydrogens (primary N) is 1. The van der Waals surface area contributed by atoms with Crippen LogP contribution in [0.3, 0.4) is 0 Å². The summed E-state index contributed by atoms with van der Waals surface area (Å²) in [6.45, 7) is 1.21. The van der Waals surface area contributed by atoms with Gasteiger partial charge in [0.2, 0.25) is 5.91 Å². The Labute approximate surface area is 268 Å². The summed E-state index contributed by atoms with van der Waals surface area (Å²) in [5.74, 6) is -0.986. The third kappa shape index (κ3) is 5.48. The van der Waals surface area contributed by atoms with Gasteiger partial charge in [0.25, 0.3) is 5.91 Å². The number of aromatic nitrogens is 4. The second-order valence-corrected chi connectivity index (χ2v) is 11.3. The largest absolute Gasteiger partial charge is 0.383 e. The lowest BCUT2D eigenvalue weighted by Crippen LogP contribution is -2.27. The smallest absolute Gasteiger partial charge is 0.251 e. The number of pyridine rings is 2. The van der Waals surface area contributed by atoms with E-state index in [0.717, 1.165) is 34.1 Å². The van der Waals surface area contributed by atoms with Crippen LogP contribution in [-0.2, 0) is 11.2 Å². The molecule has 7 rings (SSSR count). The number of benzene rings is 3. The maximum Gasteiger partial charge on any atom is 0.251 e. The number of aryl methyl sites for hydroxylation is 1. The fourth-order valence-electron chi connectivity index (χ4n) is 6.05. The standard InChI is InChI=1S/C36H28FN7O3/c1-20(46)40-32-24(19-45)16-23(18-28(32)37)36(47)43-30-12-9-22-17-25(10-11-26(22)30)44-34(27-8-5-15-39-33(27)38)42-31-14-13-29(41-35(31)44)21-6-3-2-4-7-21/h2-8,10-11,13-19,30H,9,12H2,1H3,(H2,38,39)(H,40,46)(H,43,47)/t30-/m0/s1. The normalized spacial score (nSPS) is 13.7. The topological polar surface area (TPSA) is 145 Å². The summed E-state index contributed by atoms with van der Waals surface area (Å²) < 4.78 is 16.8. The number of nitrogen functional groups attached to an aromatic ring is 1. The van der Waals surface area contributed by atoms with E-state index in [2.05, 4.69) is 21.7 Å². The maximum absolute atomic E-state index is 14.8. The molecule has 0 aliphatic heterocycles. The quantitative estimate of drug-likeness (QED) is 0.183. The van der Waals surface area contributed by atoms with E-state index in [1.54, 1.807) is 6.20 Å². The van der Waals surface area contributed by atoms with Gasteiger partial charge in [0.1, 0.15) is 17.2 Å². The third-order valence-electron chi connectivity index (χ3n) is 8.23. The van der Waals surface area contributed by atoms with Gasteiger partial charge < -0.3 is 16.4 Å². The van der Waals surface area contributed by atoms with Crippen molar-refractivity contribution < 1.29 is 18.8 Å². The van der Waals surface area contributed by atoms with Crippen LogP contribution in [0.25, 0.3) is 39.5 Å². The van der Waals surface area contributed by atoms with Gasteiger partial charge in [-0.3, -0.25) is 19.0 Å². The van der Waals surface area contributed by atoms with E-state index >= 15 is 0 Å². The van der Waals surface area contributed by atoms with Gasteiger partial charge in [-0.15, -0.1) is 0 Å². The van der Waals surface area contributed by atoms with Crippen molar-refractivity contribution in [3.8, 4) is 28.3 Å². The maximum atomic E-state index is 14.8. The molecule has 0 bridgehead atoms. The minimum atomic E-state index is -0.868. The number of nitrogens with one attached hydrogen (secondary N) is 2. The molecule has 0 saturated heterocycles. The van der Waals surface area contributed by atoms with Crippen molar-refractivity contribution in [3.05, 3.63) is 119 Å². The zero-order valence-electron chi connectivity index (χ0n) is 25.2. The summed E-state index contributed by atoms with van der Waals surface area (Å²) in [6.07, 6.45) is 3.35. The van der Waals surface area contributed by atoms with E-state index in [0.29, 0.717) is 47.5 Å². The average molecular weight is 626 g/mol. The van der Waals surface area contributed by atoms with Gasteiger partial charge in [-0.05, 0) is 72.5 Å². The first-order valence-electron chi connectivity index (χ1n) is 15.0. The molecule has 0 radical (unpaired) electrons. The lowest BCUT2D eigenvalue weighted by molar-refractivity contribution is -0.114. The van der Waals surface area contributed by atoms with Gasteiger partial charge in [0, 0.05) is 35.5 Å². The molecule has 3 aromatic heterocycles. The van der Waals surface area contributed by atoms with Crippen LogP contribution < -0.4 is 16.4 Å². The number of amides is 2. The van der Waals surface area contributed by atoms with Crippen LogP contribution in [0.15, 0.2) is 91.1 Å². The van der Waals surface area contributed by atoms with Gasteiger partial charge in [-0.2, -0.15) is 0 Å².